The molecular formula is C28H26Cl2N2O4S. The van der Waals surface area contributed by atoms with E-state index in [1.165, 1.54) is 11.3 Å². The number of halogens is 2. The summed E-state index contributed by atoms with van der Waals surface area (Å²) in [6, 6.07) is 11.5. The fraction of sp³-hybridized carbons (Fsp3) is 0.357. The van der Waals surface area contributed by atoms with Crippen LogP contribution in [0.1, 0.15) is 59.7 Å². The zero-order valence-corrected chi connectivity index (χ0v) is 22.4. The van der Waals surface area contributed by atoms with Crippen molar-refractivity contribution in [2.45, 2.75) is 50.7 Å². The molecule has 1 atom stereocenters. The van der Waals surface area contributed by atoms with E-state index in [4.69, 9.17) is 32.5 Å². The molecule has 2 aliphatic rings. The van der Waals surface area contributed by atoms with Crippen LogP contribution < -0.4 is 4.90 Å². The third-order valence-electron chi connectivity index (χ3n) is 7.26. The summed E-state index contributed by atoms with van der Waals surface area (Å²) in [5.74, 6) is 0.400. The van der Waals surface area contributed by atoms with Gasteiger partial charge in [-0.25, -0.2) is 4.79 Å². The number of benzene rings is 2. The van der Waals surface area contributed by atoms with Crippen LogP contribution in [0.15, 0.2) is 46.3 Å². The van der Waals surface area contributed by atoms with Gasteiger partial charge in [0, 0.05) is 51.3 Å². The maximum Gasteiger partial charge on any atom is 0.337 e. The molecule has 1 unspecified atom stereocenters. The number of carboxylic acids is 1. The number of anilines is 1. The van der Waals surface area contributed by atoms with Crippen LogP contribution in [0.5, 0.6) is 0 Å². The van der Waals surface area contributed by atoms with Crippen LogP contribution in [0.3, 0.4) is 0 Å². The van der Waals surface area contributed by atoms with Crippen molar-refractivity contribution in [2.24, 2.45) is 0 Å². The average Bonchev–Trinajstić information content (AvgIpc) is 3.57. The third-order valence-corrected chi connectivity index (χ3v) is 8.83. The zero-order valence-electron chi connectivity index (χ0n) is 20.1. The number of thiophene rings is 1. The van der Waals surface area contributed by atoms with Gasteiger partial charge in [0.2, 0.25) is 0 Å². The van der Waals surface area contributed by atoms with Crippen molar-refractivity contribution in [3.05, 3.63) is 68.7 Å². The summed E-state index contributed by atoms with van der Waals surface area (Å²) < 4.78 is 13.3. The Bertz CT molecular complexity index is 1440. The first kappa shape index (κ1) is 24.7. The highest BCUT2D eigenvalue weighted by Crippen LogP contribution is 2.46. The topological polar surface area (TPSA) is 75.8 Å². The van der Waals surface area contributed by atoms with Crippen molar-refractivity contribution in [1.29, 1.82) is 0 Å². The molecule has 0 bridgehead atoms. The minimum absolute atomic E-state index is 0.116. The van der Waals surface area contributed by atoms with Gasteiger partial charge < -0.3 is 19.3 Å². The number of ether oxygens (including phenoxy) is 1. The van der Waals surface area contributed by atoms with E-state index in [-0.39, 0.29) is 6.10 Å². The van der Waals surface area contributed by atoms with Crippen molar-refractivity contribution in [3.63, 3.8) is 0 Å². The molecule has 9 heteroatoms. The predicted molar refractivity (Wildman–Crippen MR) is 147 cm³/mol. The highest BCUT2D eigenvalue weighted by atomic mass is 35.5. The van der Waals surface area contributed by atoms with Gasteiger partial charge >= 0.3 is 5.97 Å². The number of carboxylic acid groups (broad SMARTS) is 1. The minimum Gasteiger partial charge on any atom is -0.478 e. The number of rotatable bonds is 7. The molecule has 1 N–H and O–H groups in total. The third kappa shape index (κ3) is 4.98. The maximum absolute atomic E-state index is 11.4. The highest BCUT2D eigenvalue weighted by molar-refractivity contribution is 7.17. The minimum atomic E-state index is -0.883. The summed E-state index contributed by atoms with van der Waals surface area (Å²) in [5, 5.41) is 17.4. The van der Waals surface area contributed by atoms with E-state index in [1.54, 1.807) is 5.38 Å². The lowest BCUT2D eigenvalue weighted by Gasteiger charge is -2.23. The molecule has 4 aromatic rings. The van der Waals surface area contributed by atoms with Crippen molar-refractivity contribution in [1.82, 2.24) is 5.16 Å². The summed E-state index contributed by atoms with van der Waals surface area (Å²) in [4.78, 5) is 13.8. The molecular weight excluding hydrogens is 531 g/mol. The van der Waals surface area contributed by atoms with Gasteiger partial charge in [0.25, 0.3) is 0 Å². The Morgan fingerprint density at radius 3 is 2.70 bits per heavy atom. The Labute approximate surface area is 228 Å². The van der Waals surface area contributed by atoms with E-state index >= 15 is 0 Å². The number of aromatic nitrogens is 1. The van der Waals surface area contributed by atoms with Crippen LogP contribution in [0.25, 0.3) is 21.3 Å². The largest absolute Gasteiger partial charge is 0.478 e. The van der Waals surface area contributed by atoms with E-state index in [1.807, 2.05) is 30.3 Å². The number of carbonyl (C=O) groups is 1. The van der Waals surface area contributed by atoms with E-state index in [0.717, 1.165) is 72.3 Å². The molecule has 1 aliphatic carbocycles. The van der Waals surface area contributed by atoms with Gasteiger partial charge in [-0.2, -0.15) is 0 Å². The van der Waals surface area contributed by atoms with Crippen molar-refractivity contribution >= 4 is 56.3 Å². The summed E-state index contributed by atoms with van der Waals surface area (Å²) in [6.45, 7) is 2.22. The number of fused-ring (bicyclic) bond motifs is 1. The first-order valence-electron chi connectivity index (χ1n) is 12.5. The van der Waals surface area contributed by atoms with Crippen molar-refractivity contribution < 1.29 is 19.2 Å². The van der Waals surface area contributed by atoms with E-state index in [9.17, 15) is 9.90 Å². The quantitative estimate of drug-likeness (QED) is 0.248. The molecule has 1 saturated heterocycles. The second-order valence-corrected chi connectivity index (χ2v) is 11.5. The average molecular weight is 557 g/mol. The smallest absolute Gasteiger partial charge is 0.337 e. The van der Waals surface area contributed by atoms with Crippen LogP contribution in [-0.2, 0) is 11.3 Å². The summed E-state index contributed by atoms with van der Waals surface area (Å²) in [5.41, 5.74) is 3.82. The van der Waals surface area contributed by atoms with Crippen molar-refractivity contribution in [3.8, 4) is 11.3 Å². The van der Waals surface area contributed by atoms with Gasteiger partial charge in [-0.1, -0.05) is 40.5 Å². The molecule has 2 aromatic carbocycles. The maximum atomic E-state index is 11.4. The normalized spacial score (nSPS) is 18.3. The second kappa shape index (κ2) is 10.3. The van der Waals surface area contributed by atoms with Crippen molar-refractivity contribution in [2.75, 3.05) is 18.0 Å². The van der Waals surface area contributed by atoms with E-state index < -0.39 is 5.97 Å². The molecule has 1 saturated carbocycles. The molecule has 2 fully saturated rings. The number of aromatic carboxylic acids is 1. The number of hydrogen-bond acceptors (Lipinski definition) is 6. The standard InChI is InChI=1S/C28H26Cl2N2O4S/c29-22-4-1-5-23(30)25(22)26-20(27(36-31-26)16-6-7-16)14-35-18-3-2-11-32(12-10-18)17-8-9-19-21(28(33)34)15-37-24(19)13-17/h1,4-5,8-9,13,15-16,18H,2-3,6-7,10-12,14H2,(H,33,34). The summed E-state index contributed by atoms with van der Waals surface area (Å²) in [7, 11) is 0. The van der Waals surface area contributed by atoms with Gasteiger partial charge in [-0.15, -0.1) is 11.3 Å². The molecule has 2 aromatic heterocycles. The van der Waals surface area contributed by atoms with Gasteiger partial charge in [-0.3, -0.25) is 0 Å². The lowest BCUT2D eigenvalue weighted by molar-refractivity contribution is 0.0328. The van der Waals surface area contributed by atoms with Gasteiger partial charge in [-0.05, 0) is 56.4 Å². The second-order valence-electron chi connectivity index (χ2n) is 9.73. The lowest BCUT2D eigenvalue weighted by Crippen LogP contribution is -2.24. The van der Waals surface area contributed by atoms with Gasteiger partial charge in [0.1, 0.15) is 11.5 Å². The number of hydrogen-bond donors (Lipinski definition) is 1. The molecule has 192 valence electrons. The Hall–Kier alpha value is -2.58. The SMILES string of the molecule is O=C(O)c1csc2cc(N3CCCC(OCc4c(-c5c(Cl)cccc5Cl)noc4C4CC4)CC3)ccc12. The zero-order chi connectivity index (χ0) is 25.5. The van der Waals surface area contributed by atoms with E-state index in [2.05, 4.69) is 16.1 Å². The number of nitrogens with zero attached hydrogens (tertiary/aromatic N) is 2. The Kier molecular flexibility index (Phi) is 6.88. The fourth-order valence-electron chi connectivity index (χ4n) is 5.12. The molecule has 3 heterocycles. The molecule has 0 spiro atoms. The molecule has 0 radical (unpaired) electrons. The first-order chi connectivity index (χ1) is 18.0. The van der Waals surface area contributed by atoms with E-state index in [0.29, 0.717) is 39.4 Å². The monoisotopic (exact) mass is 556 g/mol. The summed E-state index contributed by atoms with van der Waals surface area (Å²) >= 11 is 14.5. The van der Waals surface area contributed by atoms with Crippen LogP contribution in [-0.4, -0.2) is 35.4 Å². The van der Waals surface area contributed by atoms with Crippen LogP contribution >= 0.6 is 34.5 Å². The molecule has 6 nitrogen and oxygen atoms in total. The Morgan fingerprint density at radius 1 is 1.14 bits per heavy atom. The lowest BCUT2D eigenvalue weighted by atomic mass is 10.0. The van der Waals surface area contributed by atoms with Gasteiger partial charge in [0.05, 0.1) is 28.3 Å². The predicted octanol–water partition coefficient (Wildman–Crippen LogP) is 8.01. The molecule has 0 amide bonds. The molecule has 37 heavy (non-hydrogen) atoms. The highest BCUT2D eigenvalue weighted by Gasteiger charge is 2.34. The van der Waals surface area contributed by atoms with Crippen LogP contribution in [0, 0.1) is 0 Å². The van der Waals surface area contributed by atoms with Gasteiger partial charge in [0.15, 0.2) is 0 Å². The molecule has 1 aliphatic heterocycles. The summed E-state index contributed by atoms with van der Waals surface area (Å²) in [6.07, 6.45) is 5.18. The Balaban J connectivity index is 1.16. The first-order valence-corrected chi connectivity index (χ1v) is 14.2. The van der Waals surface area contributed by atoms with Crippen LogP contribution in [0.4, 0.5) is 5.69 Å². The molecule has 6 rings (SSSR count). The van der Waals surface area contributed by atoms with Crippen LogP contribution in [0.2, 0.25) is 10.0 Å². The Morgan fingerprint density at radius 2 is 1.95 bits per heavy atom. The fourth-order valence-corrected chi connectivity index (χ4v) is 6.66.